The number of rotatable bonds is 6. The molecule has 3 aromatic rings. The number of Topliss-reactive ketones (excluding diaryl/α,β-unsaturated/α-hetero) is 1. The fourth-order valence-corrected chi connectivity index (χ4v) is 3.43. The van der Waals surface area contributed by atoms with Crippen LogP contribution in [0.2, 0.25) is 0 Å². The molecule has 2 heterocycles. The number of amides is 1. The van der Waals surface area contributed by atoms with Crippen molar-refractivity contribution in [3.63, 3.8) is 0 Å². The van der Waals surface area contributed by atoms with E-state index in [9.17, 15) is 19.2 Å². The highest BCUT2D eigenvalue weighted by Crippen LogP contribution is 2.18. The van der Waals surface area contributed by atoms with E-state index in [1.54, 1.807) is 36.4 Å². The van der Waals surface area contributed by atoms with Gasteiger partial charge >= 0.3 is 5.97 Å². The quantitative estimate of drug-likeness (QED) is 0.499. The maximum Gasteiger partial charge on any atom is 0.359 e. The number of esters is 1. The molecule has 0 atom stereocenters. The van der Waals surface area contributed by atoms with E-state index in [1.807, 2.05) is 0 Å². The molecule has 2 aromatic heterocycles. The van der Waals surface area contributed by atoms with E-state index in [-0.39, 0.29) is 22.9 Å². The van der Waals surface area contributed by atoms with E-state index in [4.69, 9.17) is 4.74 Å². The summed E-state index contributed by atoms with van der Waals surface area (Å²) in [6.45, 7) is 1.30. The fraction of sp³-hybridized carbons (Fsp3) is 0.211. The minimum Gasteiger partial charge on any atom is -0.452 e. The van der Waals surface area contributed by atoms with Gasteiger partial charge in [0.05, 0.1) is 16.8 Å². The number of aromatic nitrogens is 2. The van der Waals surface area contributed by atoms with Crippen LogP contribution in [-0.4, -0.2) is 34.0 Å². The fourth-order valence-electron chi connectivity index (χ4n) is 2.56. The standard InChI is InChI=1S/C19H17N3O5S/c1-11(23)20-9-12-7-8-16(28-12)15(24)10-27-19(26)17-13-5-3-4-6-14(13)18(25)22(2)21-17/h3-8H,9-10H2,1-2H3,(H,20,23). The second-order valence-electron chi connectivity index (χ2n) is 6.00. The lowest BCUT2D eigenvalue weighted by atomic mass is 10.1. The molecule has 8 nitrogen and oxygen atoms in total. The normalized spacial score (nSPS) is 10.6. The third-order valence-electron chi connectivity index (χ3n) is 3.93. The highest BCUT2D eigenvalue weighted by atomic mass is 32.1. The molecule has 1 aromatic carbocycles. The molecule has 0 saturated heterocycles. The Morgan fingerprint density at radius 1 is 1.14 bits per heavy atom. The van der Waals surface area contributed by atoms with Gasteiger partial charge in [-0.1, -0.05) is 18.2 Å². The number of carbonyl (C=O) groups excluding carboxylic acids is 3. The Balaban J connectivity index is 1.72. The Morgan fingerprint density at radius 2 is 1.86 bits per heavy atom. The average Bonchev–Trinajstić information content (AvgIpc) is 3.16. The molecule has 1 N–H and O–H groups in total. The summed E-state index contributed by atoms with van der Waals surface area (Å²) in [5, 5.41) is 7.35. The Morgan fingerprint density at radius 3 is 2.57 bits per heavy atom. The Bertz CT molecular complexity index is 1130. The molecule has 144 valence electrons. The zero-order chi connectivity index (χ0) is 20.3. The number of nitrogens with zero attached hydrogens (tertiary/aromatic N) is 2. The first-order valence-corrected chi connectivity index (χ1v) is 9.18. The van der Waals surface area contributed by atoms with Gasteiger partial charge in [-0.05, 0) is 18.2 Å². The largest absolute Gasteiger partial charge is 0.452 e. The number of fused-ring (bicyclic) bond motifs is 1. The number of hydrogen-bond donors (Lipinski definition) is 1. The van der Waals surface area contributed by atoms with E-state index in [0.717, 1.165) is 9.56 Å². The van der Waals surface area contributed by atoms with Gasteiger partial charge in [0.15, 0.2) is 12.3 Å². The molecule has 9 heteroatoms. The molecular formula is C19H17N3O5S. The van der Waals surface area contributed by atoms with Crippen LogP contribution in [0.25, 0.3) is 10.8 Å². The second-order valence-corrected chi connectivity index (χ2v) is 7.17. The number of hydrogen-bond acceptors (Lipinski definition) is 7. The number of nitrogens with one attached hydrogen (secondary N) is 1. The molecule has 0 bridgehead atoms. The van der Waals surface area contributed by atoms with Gasteiger partial charge in [-0.25, -0.2) is 9.48 Å². The van der Waals surface area contributed by atoms with Crippen molar-refractivity contribution in [2.24, 2.45) is 7.05 Å². The van der Waals surface area contributed by atoms with E-state index in [2.05, 4.69) is 10.4 Å². The number of carbonyl (C=O) groups is 3. The van der Waals surface area contributed by atoms with Crippen molar-refractivity contribution >= 4 is 39.8 Å². The minimum absolute atomic E-state index is 0.0250. The Hall–Kier alpha value is -3.33. The molecule has 0 radical (unpaired) electrons. The zero-order valence-electron chi connectivity index (χ0n) is 15.2. The topological polar surface area (TPSA) is 107 Å². The maximum absolute atomic E-state index is 12.4. The van der Waals surface area contributed by atoms with E-state index in [1.165, 1.54) is 25.3 Å². The third-order valence-corrected chi connectivity index (χ3v) is 5.06. The molecule has 0 aliphatic carbocycles. The highest BCUT2D eigenvalue weighted by molar-refractivity contribution is 7.14. The van der Waals surface area contributed by atoms with Gasteiger partial charge in [0.25, 0.3) is 5.56 Å². The summed E-state index contributed by atoms with van der Waals surface area (Å²) in [6.07, 6.45) is 0. The molecule has 28 heavy (non-hydrogen) atoms. The molecule has 0 aliphatic heterocycles. The summed E-state index contributed by atoms with van der Waals surface area (Å²) in [5.41, 5.74) is -0.350. The first kappa shape index (κ1) is 19.4. The van der Waals surface area contributed by atoms with Gasteiger partial charge < -0.3 is 10.1 Å². The van der Waals surface area contributed by atoms with Gasteiger partial charge in [-0.2, -0.15) is 5.10 Å². The molecule has 0 aliphatic rings. The molecule has 0 fully saturated rings. The van der Waals surface area contributed by atoms with Crippen LogP contribution in [0.3, 0.4) is 0 Å². The number of aryl methyl sites for hydroxylation is 1. The predicted molar refractivity (Wildman–Crippen MR) is 103 cm³/mol. The monoisotopic (exact) mass is 399 g/mol. The number of thiophene rings is 1. The van der Waals surface area contributed by atoms with Gasteiger partial charge in [0.2, 0.25) is 11.7 Å². The molecule has 0 unspecified atom stereocenters. The molecule has 1 amide bonds. The third kappa shape index (κ3) is 4.15. The van der Waals surface area contributed by atoms with Crippen molar-refractivity contribution in [3.8, 4) is 0 Å². The van der Waals surface area contributed by atoms with Crippen molar-refractivity contribution < 1.29 is 19.1 Å². The lowest BCUT2D eigenvalue weighted by Gasteiger charge is -2.07. The highest BCUT2D eigenvalue weighted by Gasteiger charge is 2.19. The Labute approximate surface area is 163 Å². The number of ether oxygens (including phenoxy) is 1. The van der Waals surface area contributed by atoms with Crippen molar-refractivity contribution in [1.82, 2.24) is 15.1 Å². The van der Waals surface area contributed by atoms with Crippen LogP contribution in [0, 0.1) is 0 Å². The van der Waals surface area contributed by atoms with Crippen LogP contribution in [0.1, 0.15) is 32.0 Å². The lowest BCUT2D eigenvalue weighted by Crippen LogP contribution is -2.24. The first-order chi connectivity index (χ1) is 13.4. The predicted octanol–water partition coefficient (Wildman–Crippen LogP) is 1.67. The zero-order valence-corrected chi connectivity index (χ0v) is 16.0. The molecule has 0 spiro atoms. The van der Waals surface area contributed by atoms with Gasteiger partial charge in [-0.15, -0.1) is 11.3 Å². The van der Waals surface area contributed by atoms with Crippen molar-refractivity contribution in [2.45, 2.75) is 13.5 Å². The van der Waals surface area contributed by atoms with Crippen molar-refractivity contribution in [2.75, 3.05) is 6.61 Å². The lowest BCUT2D eigenvalue weighted by molar-refractivity contribution is -0.119. The summed E-state index contributed by atoms with van der Waals surface area (Å²) in [5.74, 6) is -1.30. The van der Waals surface area contributed by atoms with Crippen LogP contribution in [0.5, 0.6) is 0 Å². The summed E-state index contributed by atoms with van der Waals surface area (Å²) in [4.78, 5) is 49.0. The maximum atomic E-state index is 12.4. The van der Waals surface area contributed by atoms with E-state index >= 15 is 0 Å². The smallest absolute Gasteiger partial charge is 0.359 e. The van der Waals surface area contributed by atoms with Gasteiger partial charge in [-0.3, -0.25) is 14.4 Å². The molecular weight excluding hydrogens is 382 g/mol. The summed E-state index contributed by atoms with van der Waals surface area (Å²) < 4.78 is 6.19. The molecule has 3 rings (SSSR count). The summed E-state index contributed by atoms with van der Waals surface area (Å²) in [7, 11) is 1.44. The second kappa shape index (κ2) is 8.13. The molecule has 0 saturated carbocycles. The van der Waals surface area contributed by atoms with Crippen LogP contribution < -0.4 is 10.9 Å². The van der Waals surface area contributed by atoms with E-state index < -0.39 is 12.6 Å². The van der Waals surface area contributed by atoms with Crippen LogP contribution in [0.15, 0.2) is 41.2 Å². The number of benzene rings is 1. The Kier molecular flexibility index (Phi) is 5.65. The minimum atomic E-state index is -0.782. The number of ketones is 1. The average molecular weight is 399 g/mol. The van der Waals surface area contributed by atoms with Crippen molar-refractivity contribution in [3.05, 3.63) is 62.2 Å². The summed E-state index contributed by atoms with van der Waals surface area (Å²) in [6, 6.07) is 9.94. The van der Waals surface area contributed by atoms with Gasteiger partial charge in [0.1, 0.15) is 0 Å². The first-order valence-electron chi connectivity index (χ1n) is 8.36. The van der Waals surface area contributed by atoms with Crippen LogP contribution in [-0.2, 0) is 23.1 Å². The SMILES string of the molecule is CC(=O)NCc1ccc(C(=O)COC(=O)c2nn(C)c(=O)c3ccccc23)s1. The van der Waals surface area contributed by atoms with Crippen LogP contribution in [0.4, 0.5) is 0 Å². The summed E-state index contributed by atoms with van der Waals surface area (Å²) >= 11 is 1.22. The van der Waals surface area contributed by atoms with Crippen LogP contribution >= 0.6 is 11.3 Å². The van der Waals surface area contributed by atoms with Gasteiger partial charge in [0, 0.05) is 24.2 Å². The van der Waals surface area contributed by atoms with Crippen molar-refractivity contribution in [1.29, 1.82) is 0 Å². The van der Waals surface area contributed by atoms with E-state index in [0.29, 0.717) is 22.2 Å².